The zero-order valence-corrected chi connectivity index (χ0v) is 18.6. The van der Waals surface area contributed by atoms with Crippen molar-refractivity contribution in [2.45, 2.75) is 20.3 Å². The molecule has 0 spiro atoms. The summed E-state index contributed by atoms with van der Waals surface area (Å²) in [5.74, 6) is 0.506. The van der Waals surface area contributed by atoms with Crippen molar-refractivity contribution in [1.29, 1.82) is 0 Å². The maximum atomic E-state index is 12.8. The van der Waals surface area contributed by atoms with Crippen molar-refractivity contribution >= 4 is 28.3 Å². The molecule has 0 atom stereocenters. The quantitative estimate of drug-likeness (QED) is 0.588. The van der Waals surface area contributed by atoms with Crippen LogP contribution in [-0.4, -0.2) is 35.2 Å². The Balaban J connectivity index is 2.08. The first-order valence-corrected chi connectivity index (χ1v) is 10.2. The summed E-state index contributed by atoms with van der Waals surface area (Å²) < 4.78 is 7.90. The Morgan fingerprint density at radius 2 is 1.61 bits per heavy atom. The van der Waals surface area contributed by atoms with E-state index in [0.29, 0.717) is 22.5 Å². The van der Waals surface area contributed by atoms with Gasteiger partial charge in [0.2, 0.25) is 5.91 Å². The fourth-order valence-electron chi connectivity index (χ4n) is 3.70. The number of aromatic nitrogens is 2. The van der Waals surface area contributed by atoms with E-state index in [1.807, 2.05) is 44.2 Å². The molecule has 8 nitrogen and oxygen atoms in total. The van der Waals surface area contributed by atoms with Crippen LogP contribution in [-0.2, 0) is 25.3 Å². The second kappa shape index (κ2) is 9.07. The molecule has 164 valence electrons. The molecular weight excluding hydrogens is 396 g/mol. The van der Waals surface area contributed by atoms with Gasteiger partial charge in [-0.05, 0) is 43.7 Å². The summed E-state index contributed by atoms with van der Waals surface area (Å²) in [7, 11) is 4.73. The predicted molar refractivity (Wildman–Crippen MR) is 123 cm³/mol. The molecule has 1 N–H and O–H groups in total. The fraction of sp³-hybridized carbons (Fsp3) is 0.348. The van der Waals surface area contributed by atoms with Crippen molar-refractivity contribution in [3.63, 3.8) is 0 Å². The van der Waals surface area contributed by atoms with Crippen molar-refractivity contribution in [2.24, 2.45) is 14.1 Å². The summed E-state index contributed by atoms with van der Waals surface area (Å²) in [6.07, 6.45) is 0.180. The summed E-state index contributed by atoms with van der Waals surface area (Å²) in [6.45, 7) is 5.49. The molecule has 0 aliphatic heterocycles. The van der Waals surface area contributed by atoms with Gasteiger partial charge in [0.25, 0.3) is 0 Å². The number of nitrogens with zero attached hydrogens (tertiary/aromatic N) is 3. The van der Waals surface area contributed by atoms with Crippen molar-refractivity contribution in [3.8, 4) is 5.75 Å². The lowest BCUT2D eigenvalue weighted by atomic mass is 10.1. The highest BCUT2D eigenvalue weighted by Crippen LogP contribution is 2.30. The van der Waals surface area contributed by atoms with Crippen LogP contribution >= 0.6 is 0 Å². The molecule has 1 aromatic heterocycles. The van der Waals surface area contributed by atoms with Gasteiger partial charge in [-0.2, -0.15) is 0 Å². The minimum atomic E-state index is -0.612. The molecule has 0 fully saturated rings. The van der Waals surface area contributed by atoms with E-state index < -0.39 is 11.1 Å². The first kappa shape index (κ1) is 22.1. The number of nitrogens with one attached hydrogen (secondary N) is 1. The van der Waals surface area contributed by atoms with Gasteiger partial charge in [-0.25, -0.2) is 0 Å². The van der Waals surface area contributed by atoms with E-state index in [1.54, 1.807) is 27.3 Å². The van der Waals surface area contributed by atoms with Crippen molar-refractivity contribution in [1.82, 2.24) is 9.13 Å². The Morgan fingerprint density at radius 3 is 2.19 bits per heavy atom. The molecule has 0 saturated heterocycles. The van der Waals surface area contributed by atoms with Crippen LogP contribution < -0.4 is 26.1 Å². The third-order valence-corrected chi connectivity index (χ3v) is 5.48. The number of hydrogen-bond acceptors (Lipinski definition) is 5. The Bertz CT molecular complexity index is 1240. The highest BCUT2D eigenvalue weighted by Gasteiger charge is 2.17. The van der Waals surface area contributed by atoms with Gasteiger partial charge >= 0.3 is 11.1 Å². The molecule has 31 heavy (non-hydrogen) atoms. The first-order valence-electron chi connectivity index (χ1n) is 10.2. The monoisotopic (exact) mass is 424 g/mol. The van der Waals surface area contributed by atoms with Crippen LogP contribution in [0.15, 0.2) is 46.0 Å². The zero-order valence-electron chi connectivity index (χ0n) is 18.6. The molecular formula is C23H28N4O4. The number of anilines is 2. The van der Waals surface area contributed by atoms with E-state index >= 15 is 0 Å². The summed E-state index contributed by atoms with van der Waals surface area (Å²) in [5.41, 5.74) is 2.22. The van der Waals surface area contributed by atoms with Crippen LogP contribution in [0, 0.1) is 0 Å². The molecule has 3 rings (SSSR count). The molecule has 0 bridgehead atoms. The molecule has 2 aromatic carbocycles. The normalized spacial score (nSPS) is 10.9. The van der Waals surface area contributed by atoms with Crippen molar-refractivity contribution < 1.29 is 9.53 Å². The fourth-order valence-corrected chi connectivity index (χ4v) is 3.70. The minimum absolute atomic E-state index is 0.180. The smallest absolute Gasteiger partial charge is 0.316 e. The number of aryl methyl sites for hydroxylation is 2. The Morgan fingerprint density at radius 1 is 1.00 bits per heavy atom. The number of amides is 1. The molecule has 0 unspecified atom stereocenters. The number of ether oxygens (including phenoxy) is 1. The second-order valence-electron chi connectivity index (χ2n) is 7.34. The largest absolute Gasteiger partial charge is 0.497 e. The maximum absolute atomic E-state index is 12.8. The lowest BCUT2D eigenvalue weighted by Gasteiger charge is -2.25. The van der Waals surface area contributed by atoms with E-state index in [4.69, 9.17) is 4.74 Å². The average molecular weight is 425 g/mol. The number of hydrogen-bond donors (Lipinski definition) is 1. The van der Waals surface area contributed by atoms with Gasteiger partial charge in [0.1, 0.15) is 5.75 Å². The van der Waals surface area contributed by atoms with Crippen molar-refractivity contribution in [3.05, 3.63) is 62.7 Å². The number of carbonyl (C=O) groups is 1. The highest BCUT2D eigenvalue weighted by molar-refractivity contribution is 5.99. The van der Waals surface area contributed by atoms with Gasteiger partial charge in [0.05, 0.1) is 35.9 Å². The van der Waals surface area contributed by atoms with E-state index in [-0.39, 0.29) is 12.3 Å². The van der Waals surface area contributed by atoms with E-state index in [0.717, 1.165) is 24.3 Å². The summed E-state index contributed by atoms with van der Waals surface area (Å²) in [4.78, 5) is 39.5. The van der Waals surface area contributed by atoms with Crippen LogP contribution in [0.1, 0.15) is 19.4 Å². The molecule has 0 aliphatic carbocycles. The summed E-state index contributed by atoms with van der Waals surface area (Å²) >= 11 is 0. The molecule has 0 saturated carbocycles. The molecule has 3 aromatic rings. The van der Waals surface area contributed by atoms with Gasteiger partial charge < -0.3 is 24.1 Å². The van der Waals surface area contributed by atoms with E-state index in [9.17, 15) is 14.4 Å². The zero-order chi connectivity index (χ0) is 22.7. The standard InChI is InChI=1S/C23H28N4O4/c1-6-27(7-2)18-14-20-19(25(3)22(29)23(30)26(20)4)13-17(18)24-21(28)12-15-9-8-10-16(11-15)31-5/h8-11,13-14H,6-7,12H2,1-5H3,(H,24,28). The lowest BCUT2D eigenvalue weighted by Crippen LogP contribution is -2.39. The first-order chi connectivity index (χ1) is 14.8. The number of benzene rings is 2. The molecule has 0 aliphatic rings. The lowest BCUT2D eigenvalue weighted by molar-refractivity contribution is -0.115. The Hall–Kier alpha value is -3.55. The van der Waals surface area contributed by atoms with Gasteiger partial charge in [0, 0.05) is 27.2 Å². The molecule has 8 heteroatoms. The molecule has 1 heterocycles. The minimum Gasteiger partial charge on any atom is -0.497 e. The number of rotatable bonds is 7. The SMILES string of the molecule is CCN(CC)c1cc2c(cc1NC(=O)Cc1cccc(OC)c1)n(C)c(=O)c(=O)n2C. The highest BCUT2D eigenvalue weighted by atomic mass is 16.5. The van der Waals surface area contributed by atoms with Crippen LogP contribution in [0.25, 0.3) is 11.0 Å². The third kappa shape index (κ3) is 4.33. The third-order valence-electron chi connectivity index (χ3n) is 5.48. The van der Waals surface area contributed by atoms with Crippen LogP contribution in [0.3, 0.4) is 0 Å². The van der Waals surface area contributed by atoms with Gasteiger partial charge in [-0.1, -0.05) is 12.1 Å². The van der Waals surface area contributed by atoms with Crippen LogP contribution in [0.2, 0.25) is 0 Å². The van der Waals surface area contributed by atoms with Gasteiger partial charge in [-0.15, -0.1) is 0 Å². The van der Waals surface area contributed by atoms with E-state index in [1.165, 1.54) is 9.13 Å². The van der Waals surface area contributed by atoms with Crippen LogP contribution in [0.5, 0.6) is 5.75 Å². The Kier molecular flexibility index (Phi) is 6.48. The van der Waals surface area contributed by atoms with Gasteiger partial charge in [0.15, 0.2) is 0 Å². The number of methoxy groups -OCH3 is 1. The average Bonchev–Trinajstić information content (AvgIpc) is 2.77. The topological polar surface area (TPSA) is 85.6 Å². The van der Waals surface area contributed by atoms with E-state index in [2.05, 4.69) is 10.2 Å². The second-order valence-corrected chi connectivity index (χ2v) is 7.34. The predicted octanol–water partition coefficient (Wildman–Crippen LogP) is 2.27. The number of fused-ring (bicyclic) bond motifs is 1. The summed E-state index contributed by atoms with van der Waals surface area (Å²) in [5, 5.41) is 2.99. The maximum Gasteiger partial charge on any atom is 0.316 e. The number of carbonyl (C=O) groups excluding carboxylic acids is 1. The van der Waals surface area contributed by atoms with Crippen molar-refractivity contribution in [2.75, 3.05) is 30.4 Å². The molecule has 1 amide bonds. The molecule has 0 radical (unpaired) electrons. The van der Waals surface area contributed by atoms with Gasteiger partial charge in [-0.3, -0.25) is 14.4 Å². The summed E-state index contributed by atoms with van der Waals surface area (Å²) in [6, 6.07) is 11.0. The van der Waals surface area contributed by atoms with Crippen LogP contribution in [0.4, 0.5) is 11.4 Å². The Labute approximate surface area is 180 Å².